The molecule has 7 heteroatoms. The lowest BCUT2D eigenvalue weighted by molar-refractivity contribution is -0.139. The molecule has 1 rings (SSSR count). The molecule has 0 unspecified atom stereocenters. The Morgan fingerprint density at radius 1 is 1.56 bits per heavy atom. The number of nitriles is 1. The molecule has 0 aliphatic carbocycles. The van der Waals surface area contributed by atoms with Gasteiger partial charge < -0.3 is 9.47 Å². The Kier molecular flexibility index (Phi) is 4.54. The van der Waals surface area contributed by atoms with Gasteiger partial charge in [-0.2, -0.15) is 5.26 Å². The zero-order chi connectivity index (χ0) is 13.7. The minimum Gasteiger partial charge on any atom is -0.493 e. The summed E-state index contributed by atoms with van der Waals surface area (Å²) in [6, 6.07) is 2.68. The second-order valence-corrected chi connectivity index (χ2v) is 3.25. The summed E-state index contributed by atoms with van der Waals surface area (Å²) in [7, 11) is 2.34. The molecular weight excluding hydrogens is 246 g/mol. The van der Waals surface area contributed by atoms with Crippen LogP contribution in [-0.4, -0.2) is 25.2 Å². The molecule has 0 fully saturated rings. The largest absolute Gasteiger partial charge is 0.493 e. The number of carbonyl (C=O) groups excluding carboxylic acids is 1. The highest BCUT2D eigenvalue weighted by atomic mass is 19.3. The lowest BCUT2D eigenvalue weighted by atomic mass is 10.1. The first-order valence-electron chi connectivity index (χ1n) is 4.86. The molecule has 0 atom stereocenters. The number of alkyl halides is 2. The Labute approximate surface area is 102 Å². The number of rotatable bonds is 4. The third-order valence-corrected chi connectivity index (χ3v) is 2.15. The van der Waals surface area contributed by atoms with Gasteiger partial charge >= 0.3 is 5.97 Å². The van der Waals surface area contributed by atoms with Gasteiger partial charge in [0.25, 0.3) is 6.43 Å². The molecule has 0 saturated heterocycles. The highest BCUT2D eigenvalue weighted by Crippen LogP contribution is 2.31. The van der Waals surface area contributed by atoms with Crippen LogP contribution in [0.4, 0.5) is 8.78 Å². The van der Waals surface area contributed by atoms with Gasteiger partial charge in [-0.1, -0.05) is 0 Å². The lowest BCUT2D eigenvalue weighted by Gasteiger charge is -2.10. The molecule has 0 N–H and O–H groups in total. The van der Waals surface area contributed by atoms with Crippen molar-refractivity contribution in [2.24, 2.45) is 0 Å². The molecule has 0 aromatic carbocycles. The van der Waals surface area contributed by atoms with Crippen molar-refractivity contribution in [1.29, 1.82) is 5.26 Å². The topological polar surface area (TPSA) is 72.2 Å². The van der Waals surface area contributed by atoms with E-state index in [0.717, 1.165) is 6.07 Å². The Morgan fingerprint density at radius 3 is 2.67 bits per heavy atom. The molecule has 0 aliphatic heterocycles. The van der Waals surface area contributed by atoms with E-state index in [4.69, 9.17) is 10.00 Å². The van der Waals surface area contributed by atoms with E-state index in [-0.39, 0.29) is 23.6 Å². The second kappa shape index (κ2) is 5.91. The maximum atomic E-state index is 12.8. The molecular formula is C11H10F2N2O3. The minimum atomic E-state index is -2.83. The fourth-order valence-electron chi connectivity index (χ4n) is 1.37. The Hall–Kier alpha value is -2.23. The molecule has 0 aliphatic rings. The molecule has 0 radical (unpaired) electrons. The number of hydrogen-bond acceptors (Lipinski definition) is 5. The van der Waals surface area contributed by atoms with Crippen molar-refractivity contribution in [3.05, 3.63) is 23.0 Å². The van der Waals surface area contributed by atoms with E-state index < -0.39 is 18.0 Å². The monoisotopic (exact) mass is 256 g/mol. The summed E-state index contributed by atoms with van der Waals surface area (Å²) in [5.41, 5.74) is -0.716. The lowest BCUT2D eigenvalue weighted by Crippen LogP contribution is -2.09. The maximum Gasteiger partial charge on any atom is 0.311 e. The van der Waals surface area contributed by atoms with E-state index in [9.17, 15) is 13.6 Å². The van der Waals surface area contributed by atoms with E-state index in [1.807, 2.05) is 0 Å². The molecule has 0 saturated carbocycles. The van der Waals surface area contributed by atoms with Crippen LogP contribution in [0.25, 0.3) is 0 Å². The maximum absolute atomic E-state index is 12.8. The summed E-state index contributed by atoms with van der Waals surface area (Å²) in [5, 5.41) is 8.82. The van der Waals surface area contributed by atoms with E-state index in [2.05, 4.69) is 9.72 Å². The van der Waals surface area contributed by atoms with E-state index in [1.54, 1.807) is 6.07 Å². The Morgan fingerprint density at radius 2 is 2.22 bits per heavy atom. The second-order valence-electron chi connectivity index (χ2n) is 3.25. The van der Waals surface area contributed by atoms with Gasteiger partial charge in [-0.25, -0.2) is 13.8 Å². The van der Waals surface area contributed by atoms with Crippen molar-refractivity contribution in [2.75, 3.05) is 14.2 Å². The molecule has 5 nitrogen and oxygen atoms in total. The van der Waals surface area contributed by atoms with E-state index >= 15 is 0 Å². The molecule has 1 heterocycles. The van der Waals surface area contributed by atoms with Crippen molar-refractivity contribution >= 4 is 5.97 Å². The van der Waals surface area contributed by atoms with Crippen molar-refractivity contribution in [2.45, 2.75) is 12.8 Å². The predicted octanol–water partition coefficient (Wildman–Crippen LogP) is 1.61. The predicted molar refractivity (Wildman–Crippen MR) is 56.2 cm³/mol. The number of hydrogen-bond donors (Lipinski definition) is 0. The first-order chi connectivity index (χ1) is 8.53. The van der Waals surface area contributed by atoms with Gasteiger partial charge in [0.15, 0.2) is 11.4 Å². The van der Waals surface area contributed by atoms with Crippen molar-refractivity contribution in [3.63, 3.8) is 0 Å². The van der Waals surface area contributed by atoms with Crippen molar-refractivity contribution in [3.8, 4) is 11.8 Å². The van der Waals surface area contributed by atoms with Crippen LogP contribution in [0, 0.1) is 11.3 Å². The number of ether oxygens (including phenoxy) is 2. The number of esters is 1. The summed E-state index contributed by atoms with van der Waals surface area (Å²) in [5.74, 6) is -0.905. The van der Waals surface area contributed by atoms with E-state index in [0.29, 0.717) is 0 Å². The number of nitrogens with zero attached hydrogens (tertiary/aromatic N) is 2. The van der Waals surface area contributed by atoms with Gasteiger partial charge in [0.2, 0.25) is 0 Å². The zero-order valence-electron chi connectivity index (χ0n) is 9.74. The van der Waals surface area contributed by atoms with E-state index in [1.165, 1.54) is 14.2 Å². The first-order valence-corrected chi connectivity index (χ1v) is 4.86. The average Bonchev–Trinajstić information content (AvgIpc) is 2.37. The number of halogens is 2. The molecule has 1 aromatic rings. The van der Waals surface area contributed by atoms with Crippen LogP contribution >= 0.6 is 0 Å². The summed E-state index contributed by atoms with van der Waals surface area (Å²) in [6.45, 7) is 0. The number of carbonyl (C=O) groups is 1. The van der Waals surface area contributed by atoms with Gasteiger partial charge in [0.1, 0.15) is 6.07 Å². The fraction of sp³-hybridized carbons (Fsp3) is 0.364. The molecule has 96 valence electrons. The average molecular weight is 256 g/mol. The quantitative estimate of drug-likeness (QED) is 0.765. The van der Waals surface area contributed by atoms with Gasteiger partial charge in [0.05, 0.1) is 31.9 Å². The van der Waals surface area contributed by atoms with Crippen molar-refractivity contribution < 1.29 is 23.0 Å². The smallest absolute Gasteiger partial charge is 0.311 e. The molecule has 1 aromatic heterocycles. The normalized spacial score (nSPS) is 10.0. The highest BCUT2D eigenvalue weighted by Gasteiger charge is 2.21. The van der Waals surface area contributed by atoms with Crippen LogP contribution < -0.4 is 4.74 Å². The Bertz CT molecular complexity index is 498. The summed E-state index contributed by atoms with van der Waals surface area (Å²) in [6.07, 6.45) is -3.11. The minimum absolute atomic E-state index is 0.0366. The number of methoxy groups -OCH3 is 2. The summed E-state index contributed by atoms with van der Waals surface area (Å²) in [4.78, 5) is 14.8. The van der Waals surface area contributed by atoms with Gasteiger partial charge in [-0.15, -0.1) is 0 Å². The summed E-state index contributed by atoms with van der Waals surface area (Å²) >= 11 is 0. The SMILES string of the molecule is COC(=O)Cc1cc(C(F)F)c(OC)c(C#N)n1. The molecule has 0 bridgehead atoms. The first kappa shape index (κ1) is 13.8. The molecule has 18 heavy (non-hydrogen) atoms. The van der Waals surface area contributed by atoms with Crippen LogP contribution in [0.15, 0.2) is 6.07 Å². The highest BCUT2D eigenvalue weighted by molar-refractivity contribution is 5.72. The van der Waals surface area contributed by atoms with Gasteiger partial charge in [0, 0.05) is 0 Å². The number of pyridine rings is 1. The number of aromatic nitrogens is 1. The van der Waals surface area contributed by atoms with Gasteiger partial charge in [-0.3, -0.25) is 4.79 Å². The third kappa shape index (κ3) is 2.91. The van der Waals surface area contributed by atoms with Gasteiger partial charge in [-0.05, 0) is 6.07 Å². The zero-order valence-corrected chi connectivity index (χ0v) is 9.74. The molecule has 0 amide bonds. The Balaban J connectivity index is 3.28. The third-order valence-electron chi connectivity index (χ3n) is 2.15. The fourth-order valence-corrected chi connectivity index (χ4v) is 1.37. The summed E-state index contributed by atoms with van der Waals surface area (Å²) < 4.78 is 34.7. The van der Waals surface area contributed by atoms with Crippen LogP contribution in [0.2, 0.25) is 0 Å². The van der Waals surface area contributed by atoms with Crippen LogP contribution in [0.5, 0.6) is 5.75 Å². The van der Waals surface area contributed by atoms with Crippen LogP contribution in [-0.2, 0) is 16.0 Å². The van der Waals surface area contributed by atoms with Crippen molar-refractivity contribution in [1.82, 2.24) is 4.98 Å². The standard InChI is InChI=1S/C11H10F2N2O3/c1-17-9(16)4-6-3-7(11(12)13)10(18-2)8(5-14)15-6/h3,11H,4H2,1-2H3. The molecule has 0 spiro atoms. The van der Waals surface area contributed by atoms with Crippen LogP contribution in [0.3, 0.4) is 0 Å². The van der Waals surface area contributed by atoms with Crippen LogP contribution in [0.1, 0.15) is 23.4 Å².